The maximum atomic E-state index is 13.6. The van der Waals surface area contributed by atoms with Crippen LogP contribution in [0.3, 0.4) is 0 Å². The number of nitrogens with zero attached hydrogens (tertiary/aromatic N) is 1. The Morgan fingerprint density at radius 1 is 1.03 bits per heavy atom. The fraction of sp³-hybridized carbons (Fsp3) is 0.179. The lowest BCUT2D eigenvalue weighted by molar-refractivity contribution is -0.118. The first-order valence-corrected chi connectivity index (χ1v) is 12.8. The molecule has 7 nitrogen and oxygen atoms in total. The molecule has 3 aromatic carbocycles. The third-order valence-electron chi connectivity index (χ3n) is 6.62. The summed E-state index contributed by atoms with van der Waals surface area (Å²) in [5.41, 5.74) is 1.90. The van der Waals surface area contributed by atoms with Crippen LogP contribution in [0, 0.1) is 0 Å². The van der Waals surface area contributed by atoms with Crippen molar-refractivity contribution in [1.82, 2.24) is 4.98 Å². The summed E-state index contributed by atoms with van der Waals surface area (Å²) >= 11 is 7.43. The second-order valence-corrected chi connectivity index (χ2v) is 10.3. The average Bonchev–Trinajstić information content (AvgIpc) is 3.42. The fourth-order valence-corrected chi connectivity index (χ4v) is 5.64. The summed E-state index contributed by atoms with van der Waals surface area (Å²) in [7, 11) is 1.52. The molecule has 0 atom stereocenters. The van der Waals surface area contributed by atoms with E-state index in [1.165, 1.54) is 7.11 Å². The smallest absolute Gasteiger partial charge is 0.236 e. The molecular formula is C28H21ClN2O5S. The van der Waals surface area contributed by atoms with E-state index in [0.717, 1.165) is 22.5 Å². The molecule has 0 radical (unpaired) electrons. The molecule has 6 rings (SSSR count). The molecule has 1 aromatic heterocycles. The highest BCUT2D eigenvalue weighted by atomic mass is 35.5. The van der Waals surface area contributed by atoms with E-state index in [-0.39, 0.29) is 18.5 Å². The van der Waals surface area contributed by atoms with Gasteiger partial charge < -0.3 is 19.5 Å². The number of thiazole rings is 1. The van der Waals surface area contributed by atoms with Crippen molar-refractivity contribution < 1.29 is 23.8 Å². The molecule has 0 saturated heterocycles. The first-order valence-electron chi connectivity index (χ1n) is 11.6. The zero-order valence-corrected chi connectivity index (χ0v) is 21.3. The van der Waals surface area contributed by atoms with Gasteiger partial charge >= 0.3 is 0 Å². The van der Waals surface area contributed by atoms with Crippen molar-refractivity contribution in [3.8, 4) is 28.5 Å². The van der Waals surface area contributed by atoms with Gasteiger partial charge in [-0.3, -0.25) is 9.59 Å². The highest BCUT2D eigenvalue weighted by Gasteiger charge is 2.52. The number of amides is 1. The Hall–Kier alpha value is -3.88. The van der Waals surface area contributed by atoms with E-state index < -0.39 is 5.41 Å². The number of hydrogen-bond donors (Lipinski definition) is 1. The Labute approximate surface area is 222 Å². The van der Waals surface area contributed by atoms with Gasteiger partial charge in [0.05, 0.1) is 23.2 Å². The van der Waals surface area contributed by atoms with Gasteiger partial charge in [0.25, 0.3) is 0 Å². The third-order valence-corrected chi connectivity index (χ3v) is 7.89. The van der Waals surface area contributed by atoms with Crippen LogP contribution in [-0.2, 0) is 10.2 Å². The molecule has 2 heterocycles. The van der Waals surface area contributed by atoms with Crippen LogP contribution in [0.4, 0.5) is 5.13 Å². The zero-order valence-electron chi connectivity index (χ0n) is 19.7. The second-order valence-electron chi connectivity index (χ2n) is 8.85. The lowest BCUT2D eigenvalue weighted by atomic mass is 9.94. The van der Waals surface area contributed by atoms with Crippen LogP contribution < -0.4 is 19.5 Å². The lowest BCUT2D eigenvalue weighted by Crippen LogP contribution is -2.27. The third kappa shape index (κ3) is 4.22. The Morgan fingerprint density at radius 2 is 1.81 bits per heavy atom. The number of ketones is 1. The van der Waals surface area contributed by atoms with Crippen LogP contribution in [0.5, 0.6) is 17.2 Å². The number of anilines is 1. The molecule has 1 fully saturated rings. The van der Waals surface area contributed by atoms with Crippen molar-refractivity contribution in [3.63, 3.8) is 0 Å². The average molecular weight is 533 g/mol. The largest absolute Gasteiger partial charge is 0.495 e. The molecule has 0 bridgehead atoms. The summed E-state index contributed by atoms with van der Waals surface area (Å²) in [4.78, 5) is 32.1. The van der Waals surface area contributed by atoms with E-state index in [9.17, 15) is 9.59 Å². The van der Waals surface area contributed by atoms with Crippen LogP contribution in [-0.4, -0.2) is 30.6 Å². The van der Waals surface area contributed by atoms with Crippen LogP contribution in [0.2, 0.25) is 5.02 Å². The van der Waals surface area contributed by atoms with Crippen molar-refractivity contribution >= 4 is 39.8 Å². The van der Waals surface area contributed by atoms with E-state index in [0.29, 0.717) is 56.4 Å². The SMILES string of the molecule is COc1ccc(C(=O)c2sc(NC(=O)C3(c4ccc5c(c4)OCO5)CC3)nc2-c2ccccc2)cc1Cl. The van der Waals surface area contributed by atoms with E-state index >= 15 is 0 Å². The number of benzene rings is 3. The molecule has 0 unspecified atom stereocenters. The van der Waals surface area contributed by atoms with Crippen molar-refractivity contribution in [2.45, 2.75) is 18.3 Å². The minimum absolute atomic E-state index is 0.161. The monoisotopic (exact) mass is 532 g/mol. The summed E-state index contributed by atoms with van der Waals surface area (Å²) in [6, 6.07) is 19.9. The highest BCUT2D eigenvalue weighted by Crippen LogP contribution is 2.51. The van der Waals surface area contributed by atoms with Gasteiger partial charge in [0, 0.05) is 11.1 Å². The molecule has 1 aliphatic carbocycles. The number of fused-ring (bicyclic) bond motifs is 1. The van der Waals surface area contributed by atoms with E-state index in [1.54, 1.807) is 18.2 Å². The zero-order chi connectivity index (χ0) is 25.6. The molecule has 4 aromatic rings. The minimum Gasteiger partial charge on any atom is -0.495 e. The van der Waals surface area contributed by atoms with Gasteiger partial charge in [-0.15, -0.1) is 0 Å². The number of hydrogen-bond acceptors (Lipinski definition) is 7. The summed E-state index contributed by atoms with van der Waals surface area (Å²) in [5.74, 6) is 1.40. The summed E-state index contributed by atoms with van der Waals surface area (Å²) in [6.07, 6.45) is 1.43. The predicted octanol–water partition coefficient (Wildman–Crippen LogP) is 6.10. The molecular weight excluding hydrogens is 512 g/mol. The van der Waals surface area contributed by atoms with Gasteiger partial charge in [-0.1, -0.05) is 59.3 Å². The summed E-state index contributed by atoms with van der Waals surface area (Å²) < 4.78 is 16.1. The van der Waals surface area contributed by atoms with Crippen LogP contribution in [0.1, 0.15) is 33.6 Å². The molecule has 0 spiro atoms. The van der Waals surface area contributed by atoms with Crippen molar-refractivity contribution in [1.29, 1.82) is 0 Å². The van der Waals surface area contributed by atoms with Crippen molar-refractivity contribution in [2.75, 3.05) is 19.2 Å². The maximum Gasteiger partial charge on any atom is 0.236 e. The molecule has 1 N–H and O–H groups in total. The molecule has 1 aliphatic heterocycles. The second kappa shape index (κ2) is 9.21. The summed E-state index contributed by atoms with van der Waals surface area (Å²) in [5, 5.41) is 3.68. The van der Waals surface area contributed by atoms with Gasteiger partial charge in [-0.2, -0.15) is 0 Å². The molecule has 1 saturated carbocycles. The van der Waals surface area contributed by atoms with Crippen molar-refractivity contribution in [3.05, 3.63) is 87.8 Å². The number of ether oxygens (including phenoxy) is 3. The Morgan fingerprint density at radius 3 is 2.54 bits per heavy atom. The lowest BCUT2D eigenvalue weighted by Gasteiger charge is -2.15. The Kier molecular flexibility index (Phi) is 5.85. The topological polar surface area (TPSA) is 86.8 Å². The maximum absolute atomic E-state index is 13.6. The van der Waals surface area contributed by atoms with Crippen LogP contribution >= 0.6 is 22.9 Å². The predicted molar refractivity (Wildman–Crippen MR) is 141 cm³/mol. The van der Waals surface area contributed by atoms with Crippen LogP contribution in [0.25, 0.3) is 11.3 Å². The van der Waals surface area contributed by atoms with Gasteiger partial charge in [0.1, 0.15) is 10.6 Å². The molecule has 9 heteroatoms. The standard InChI is InChI=1S/C28H21ClN2O5S/c1-34-20-9-7-17(13-19(20)29)24(32)25-23(16-5-3-2-4-6-16)30-27(37-25)31-26(33)28(11-12-28)18-8-10-21-22(14-18)36-15-35-21/h2-10,13-14H,11-12,15H2,1H3,(H,30,31,33). The summed E-state index contributed by atoms with van der Waals surface area (Å²) in [6.45, 7) is 0.176. The van der Waals surface area contributed by atoms with E-state index in [2.05, 4.69) is 10.3 Å². The van der Waals surface area contributed by atoms with Gasteiger partial charge in [0.2, 0.25) is 18.5 Å². The molecule has 2 aliphatic rings. The molecule has 186 valence electrons. The van der Waals surface area contributed by atoms with Crippen LogP contribution in [0.15, 0.2) is 66.7 Å². The number of carbonyl (C=O) groups excluding carboxylic acids is 2. The van der Waals surface area contributed by atoms with E-state index in [1.807, 2.05) is 48.5 Å². The fourth-order valence-electron chi connectivity index (χ4n) is 4.44. The number of aromatic nitrogens is 1. The number of methoxy groups -OCH3 is 1. The number of carbonyl (C=O) groups is 2. The Bertz CT molecular complexity index is 1530. The number of halogens is 1. The van der Waals surface area contributed by atoms with Gasteiger partial charge in [0.15, 0.2) is 16.6 Å². The number of nitrogens with one attached hydrogen (secondary N) is 1. The first kappa shape index (κ1) is 23.5. The highest BCUT2D eigenvalue weighted by molar-refractivity contribution is 7.18. The van der Waals surface area contributed by atoms with Gasteiger partial charge in [-0.25, -0.2) is 4.98 Å². The first-order chi connectivity index (χ1) is 18.0. The molecule has 37 heavy (non-hydrogen) atoms. The van der Waals surface area contributed by atoms with Gasteiger partial charge in [-0.05, 0) is 48.7 Å². The minimum atomic E-state index is -0.659. The number of rotatable bonds is 7. The quantitative estimate of drug-likeness (QED) is 0.289. The van der Waals surface area contributed by atoms with Crippen molar-refractivity contribution in [2.24, 2.45) is 0 Å². The Balaban J connectivity index is 1.33. The van der Waals surface area contributed by atoms with E-state index in [4.69, 9.17) is 25.8 Å². The normalized spacial score (nSPS) is 14.8. The molecule has 1 amide bonds.